The van der Waals surface area contributed by atoms with Gasteiger partial charge in [0.2, 0.25) is 0 Å². The van der Waals surface area contributed by atoms with Crippen LogP contribution in [0.3, 0.4) is 0 Å². The normalized spacial score (nSPS) is 23.1. The summed E-state index contributed by atoms with van der Waals surface area (Å²) in [6.45, 7) is 2.05. The molecule has 3 nitrogen and oxygen atoms in total. The van der Waals surface area contributed by atoms with Crippen LogP contribution in [-0.4, -0.2) is 16.9 Å². The fraction of sp³-hybridized carbons (Fsp3) is 0.235. The topological polar surface area (TPSA) is 24.8 Å². The molecule has 2 aliphatic rings. The summed E-state index contributed by atoms with van der Waals surface area (Å²) < 4.78 is 7.06. The van der Waals surface area contributed by atoms with Gasteiger partial charge < -0.3 is 4.74 Å². The fourth-order valence-corrected chi connectivity index (χ4v) is 3.42. The van der Waals surface area contributed by atoms with E-state index in [1.54, 1.807) is 0 Å². The van der Waals surface area contributed by atoms with Crippen LogP contribution < -0.4 is 4.74 Å². The van der Waals surface area contributed by atoms with Crippen LogP contribution >= 0.6 is 15.9 Å². The summed E-state index contributed by atoms with van der Waals surface area (Å²) in [4.78, 5) is 0. The van der Waals surface area contributed by atoms with Crippen molar-refractivity contribution in [2.75, 3.05) is 0 Å². The molecule has 2 aliphatic heterocycles. The van der Waals surface area contributed by atoms with Gasteiger partial charge >= 0.3 is 0 Å². The molecule has 0 saturated carbocycles. The van der Waals surface area contributed by atoms with Crippen LogP contribution in [-0.2, 0) is 0 Å². The lowest BCUT2D eigenvalue weighted by atomic mass is 9.97. The summed E-state index contributed by atoms with van der Waals surface area (Å²) in [6.07, 6.45) is 0.881. The maximum absolute atomic E-state index is 5.98. The van der Waals surface area contributed by atoms with E-state index in [1.165, 1.54) is 11.1 Å². The second kappa shape index (κ2) is 4.88. The number of benzene rings is 2. The van der Waals surface area contributed by atoms with Gasteiger partial charge in [-0.25, -0.2) is 0 Å². The second-order valence-corrected chi connectivity index (χ2v) is 6.33. The maximum atomic E-state index is 5.98. The number of halogens is 1. The van der Waals surface area contributed by atoms with Crippen LogP contribution in [0.1, 0.15) is 30.5 Å². The molecule has 2 aromatic carbocycles. The molecule has 0 aromatic heterocycles. The van der Waals surface area contributed by atoms with Crippen LogP contribution in [0.25, 0.3) is 0 Å². The Morgan fingerprint density at radius 1 is 1.19 bits per heavy atom. The van der Waals surface area contributed by atoms with Crippen molar-refractivity contribution in [1.29, 1.82) is 0 Å². The Bertz CT molecular complexity index is 714. The molecule has 0 bridgehead atoms. The van der Waals surface area contributed by atoms with Gasteiger partial charge in [-0.15, -0.1) is 0 Å². The average Bonchev–Trinajstić information content (AvgIpc) is 2.95. The lowest BCUT2D eigenvalue weighted by Crippen LogP contribution is -2.37. The van der Waals surface area contributed by atoms with Gasteiger partial charge in [0, 0.05) is 16.5 Å². The third kappa shape index (κ3) is 2.14. The molecule has 0 amide bonds. The summed E-state index contributed by atoms with van der Waals surface area (Å²) in [5, 5.41) is 6.88. The van der Waals surface area contributed by atoms with Crippen molar-refractivity contribution < 1.29 is 4.74 Å². The molecular weight excluding hydrogens is 328 g/mol. The van der Waals surface area contributed by atoms with Gasteiger partial charge in [-0.3, -0.25) is 5.01 Å². The molecule has 2 heterocycles. The average molecular weight is 343 g/mol. The van der Waals surface area contributed by atoms with Crippen molar-refractivity contribution in [2.24, 2.45) is 5.10 Å². The molecular formula is C17H15BrN2O. The van der Waals surface area contributed by atoms with E-state index in [9.17, 15) is 0 Å². The minimum Gasteiger partial charge on any atom is -0.469 e. The summed E-state index contributed by atoms with van der Waals surface area (Å²) in [7, 11) is 0. The minimum absolute atomic E-state index is 0.0371. The van der Waals surface area contributed by atoms with Gasteiger partial charge in [0.05, 0.1) is 11.8 Å². The lowest BCUT2D eigenvalue weighted by molar-refractivity contribution is -0.00339. The fourth-order valence-electron chi connectivity index (χ4n) is 3.04. The van der Waals surface area contributed by atoms with Crippen molar-refractivity contribution in [3.8, 4) is 5.75 Å². The van der Waals surface area contributed by atoms with Crippen molar-refractivity contribution in [2.45, 2.75) is 25.6 Å². The number of fused-ring (bicyclic) bond motifs is 3. The van der Waals surface area contributed by atoms with Gasteiger partial charge in [-0.1, -0.05) is 46.3 Å². The Morgan fingerprint density at radius 2 is 2.00 bits per heavy atom. The zero-order valence-electron chi connectivity index (χ0n) is 11.7. The predicted octanol–water partition coefficient (Wildman–Crippen LogP) is 4.34. The van der Waals surface area contributed by atoms with E-state index in [4.69, 9.17) is 9.84 Å². The second-order valence-electron chi connectivity index (χ2n) is 5.41. The minimum atomic E-state index is -0.0371. The summed E-state index contributed by atoms with van der Waals surface area (Å²) in [5.41, 5.74) is 3.52. The molecule has 0 aliphatic carbocycles. The highest BCUT2D eigenvalue weighted by molar-refractivity contribution is 9.10. The molecule has 2 unspecified atom stereocenters. The van der Waals surface area contributed by atoms with Gasteiger partial charge in [-0.05, 0) is 30.7 Å². The first-order valence-electron chi connectivity index (χ1n) is 7.10. The molecule has 106 valence electrons. The third-order valence-corrected chi connectivity index (χ3v) is 4.54. The highest BCUT2D eigenvalue weighted by atomic mass is 79.9. The predicted molar refractivity (Wildman–Crippen MR) is 86.4 cm³/mol. The highest BCUT2D eigenvalue weighted by Gasteiger charge is 2.38. The number of hydrazone groups is 1. The zero-order valence-corrected chi connectivity index (χ0v) is 13.2. The van der Waals surface area contributed by atoms with E-state index in [0.717, 1.165) is 22.4 Å². The van der Waals surface area contributed by atoms with Crippen LogP contribution in [0.15, 0.2) is 58.1 Å². The van der Waals surface area contributed by atoms with Gasteiger partial charge in [0.25, 0.3) is 0 Å². The third-order valence-electron chi connectivity index (χ3n) is 4.05. The van der Waals surface area contributed by atoms with Crippen LogP contribution in [0, 0.1) is 0 Å². The van der Waals surface area contributed by atoms with Crippen LogP contribution in [0.2, 0.25) is 0 Å². The molecule has 2 aromatic rings. The SMILES string of the molecule is CC1Oc2ccc(Br)cc2C2CC(c3ccccc3)=NN12. The van der Waals surface area contributed by atoms with E-state index >= 15 is 0 Å². The zero-order chi connectivity index (χ0) is 14.4. The first kappa shape index (κ1) is 12.9. The number of hydrogen-bond acceptors (Lipinski definition) is 3. The van der Waals surface area contributed by atoms with E-state index in [1.807, 2.05) is 18.2 Å². The lowest BCUT2D eigenvalue weighted by Gasteiger charge is -2.36. The van der Waals surface area contributed by atoms with E-state index in [2.05, 4.69) is 58.2 Å². The van der Waals surface area contributed by atoms with Gasteiger partial charge in [0.1, 0.15) is 5.75 Å². The smallest absolute Gasteiger partial charge is 0.185 e. The molecule has 0 radical (unpaired) electrons. The van der Waals surface area contributed by atoms with Crippen molar-refractivity contribution in [3.63, 3.8) is 0 Å². The molecule has 0 spiro atoms. The van der Waals surface area contributed by atoms with Crippen LogP contribution in [0.5, 0.6) is 5.75 Å². The molecule has 0 fully saturated rings. The highest BCUT2D eigenvalue weighted by Crippen LogP contribution is 2.43. The number of ether oxygens (including phenoxy) is 1. The molecule has 2 atom stereocenters. The first-order chi connectivity index (χ1) is 10.2. The van der Waals surface area contributed by atoms with E-state index in [-0.39, 0.29) is 12.3 Å². The Morgan fingerprint density at radius 3 is 2.81 bits per heavy atom. The Kier molecular flexibility index (Phi) is 3.00. The van der Waals surface area contributed by atoms with Crippen molar-refractivity contribution in [3.05, 3.63) is 64.1 Å². The van der Waals surface area contributed by atoms with E-state index in [0.29, 0.717) is 0 Å². The largest absolute Gasteiger partial charge is 0.469 e. The first-order valence-corrected chi connectivity index (χ1v) is 7.89. The van der Waals surface area contributed by atoms with Gasteiger partial charge in [-0.2, -0.15) is 5.10 Å². The molecule has 0 saturated heterocycles. The number of rotatable bonds is 1. The maximum Gasteiger partial charge on any atom is 0.185 e. The Labute approximate surface area is 132 Å². The summed E-state index contributed by atoms with van der Waals surface area (Å²) >= 11 is 3.55. The number of nitrogens with zero attached hydrogens (tertiary/aromatic N) is 2. The Balaban J connectivity index is 1.74. The molecule has 4 heteroatoms. The Hall–Kier alpha value is -1.81. The number of hydrogen-bond donors (Lipinski definition) is 0. The monoisotopic (exact) mass is 342 g/mol. The molecule has 0 N–H and O–H groups in total. The standard InChI is InChI=1S/C17H15BrN2O/c1-11-20-16(14-9-13(18)7-8-17(14)21-11)10-15(19-20)12-5-3-2-4-6-12/h2-9,11,16H,10H2,1H3. The van der Waals surface area contributed by atoms with Crippen molar-refractivity contribution in [1.82, 2.24) is 5.01 Å². The van der Waals surface area contributed by atoms with Gasteiger partial charge in [0.15, 0.2) is 6.23 Å². The molecule has 4 rings (SSSR count). The van der Waals surface area contributed by atoms with Crippen LogP contribution in [0.4, 0.5) is 0 Å². The quantitative estimate of drug-likeness (QED) is 0.770. The summed E-state index contributed by atoms with van der Waals surface area (Å²) in [6, 6.07) is 16.8. The summed E-state index contributed by atoms with van der Waals surface area (Å²) in [5.74, 6) is 0.969. The van der Waals surface area contributed by atoms with E-state index < -0.39 is 0 Å². The van der Waals surface area contributed by atoms with Crippen molar-refractivity contribution >= 4 is 21.6 Å². The molecule has 21 heavy (non-hydrogen) atoms.